The van der Waals surface area contributed by atoms with Crippen LogP contribution in [-0.4, -0.2) is 23.7 Å². The van der Waals surface area contributed by atoms with Gasteiger partial charge in [-0.3, -0.25) is 4.79 Å². The van der Waals surface area contributed by atoms with Gasteiger partial charge in [0.2, 0.25) is 0 Å². The number of benzene rings is 2. The van der Waals surface area contributed by atoms with Gasteiger partial charge in [0.1, 0.15) is 0 Å². The Morgan fingerprint density at radius 3 is 2.46 bits per heavy atom. The third-order valence-corrected chi connectivity index (χ3v) is 6.49. The lowest BCUT2D eigenvalue weighted by molar-refractivity contribution is -0.123. The Morgan fingerprint density at radius 1 is 1.12 bits per heavy atom. The molecule has 2 aromatic rings. The van der Waals surface area contributed by atoms with Crippen LogP contribution in [0.1, 0.15) is 5.56 Å². The van der Waals surface area contributed by atoms with Crippen LogP contribution in [0.15, 0.2) is 58.3 Å². The third kappa shape index (κ3) is 4.11. The Labute approximate surface area is 170 Å². The number of thioether (sulfide) groups is 1. The number of carbonyl (C=O) groups is 1. The minimum absolute atomic E-state index is 0.0266. The molecule has 10 heteroatoms. The zero-order valence-electron chi connectivity index (χ0n) is 12.8. The highest BCUT2D eigenvalue weighted by Gasteiger charge is 2.35. The molecule has 2 aromatic carbocycles. The van der Waals surface area contributed by atoms with Crippen molar-refractivity contribution in [2.24, 2.45) is 0 Å². The summed E-state index contributed by atoms with van der Waals surface area (Å²) in [6.45, 7) is 0. The van der Waals surface area contributed by atoms with Crippen LogP contribution in [0.3, 0.4) is 0 Å². The van der Waals surface area contributed by atoms with Gasteiger partial charge in [0.05, 0.1) is 9.80 Å². The van der Waals surface area contributed by atoms with Crippen molar-refractivity contribution in [3.8, 4) is 0 Å². The van der Waals surface area contributed by atoms with Crippen molar-refractivity contribution in [1.29, 1.82) is 0 Å². The maximum absolute atomic E-state index is 12.6. The van der Waals surface area contributed by atoms with Crippen LogP contribution in [0.25, 0.3) is 6.08 Å². The van der Waals surface area contributed by atoms with E-state index in [1.54, 1.807) is 36.4 Å². The smallest absolute Gasteiger partial charge is 0.267 e. The van der Waals surface area contributed by atoms with Gasteiger partial charge in [0, 0.05) is 10.0 Å². The maximum atomic E-state index is 12.6. The average molecular weight is 445 g/mol. The van der Waals surface area contributed by atoms with Gasteiger partial charge in [0.15, 0.2) is 4.32 Å². The Kier molecular flexibility index (Phi) is 5.71. The van der Waals surface area contributed by atoms with Crippen LogP contribution in [-0.2, 0) is 14.8 Å². The van der Waals surface area contributed by atoms with Crippen molar-refractivity contribution in [3.63, 3.8) is 0 Å². The first-order valence-electron chi connectivity index (χ1n) is 7.08. The molecule has 0 aromatic heterocycles. The van der Waals surface area contributed by atoms with Gasteiger partial charge in [-0.25, -0.2) is 13.4 Å². The molecule has 0 spiro atoms. The molecule has 0 unspecified atom stereocenters. The summed E-state index contributed by atoms with van der Waals surface area (Å²) in [5, 5.41) is 1.67. The number of hydrogen-bond donors (Lipinski definition) is 1. The molecule has 1 saturated heterocycles. The highest BCUT2D eigenvalue weighted by atomic mass is 35.5. The van der Waals surface area contributed by atoms with Crippen LogP contribution in [0.2, 0.25) is 10.0 Å². The highest BCUT2D eigenvalue weighted by Crippen LogP contribution is 2.33. The van der Waals surface area contributed by atoms with Crippen LogP contribution < -0.4 is 4.83 Å². The van der Waals surface area contributed by atoms with Crippen LogP contribution in [0.5, 0.6) is 0 Å². The zero-order chi connectivity index (χ0) is 18.9. The van der Waals surface area contributed by atoms with Crippen molar-refractivity contribution in [2.45, 2.75) is 4.90 Å². The van der Waals surface area contributed by atoms with Crippen LogP contribution >= 0.6 is 47.2 Å². The van der Waals surface area contributed by atoms with Gasteiger partial charge in [-0.1, -0.05) is 71.4 Å². The fraction of sp³-hybridized carbons (Fsp3) is 0. The van der Waals surface area contributed by atoms with Gasteiger partial charge in [0.25, 0.3) is 15.9 Å². The molecule has 1 amide bonds. The highest BCUT2D eigenvalue weighted by molar-refractivity contribution is 8.26. The molecular weight excluding hydrogens is 435 g/mol. The number of rotatable bonds is 4. The van der Waals surface area contributed by atoms with Crippen molar-refractivity contribution in [3.05, 3.63) is 69.0 Å². The second-order valence-electron chi connectivity index (χ2n) is 5.09. The molecule has 3 rings (SSSR count). The zero-order valence-corrected chi connectivity index (χ0v) is 16.8. The maximum Gasteiger partial charge on any atom is 0.281 e. The number of hydrogen-bond acceptors (Lipinski definition) is 5. The van der Waals surface area contributed by atoms with E-state index in [1.807, 2.05) is 0 Å². The standard InChI is InChI=1S/C16H10Cl2N2O3S3/c17-11-7-6-10(13(18)9-11)8-14-15(21)20(16(24)25-14)19-26(22,23)12-4-2-1-3-5-12/h1-9,19H/b14-8+. The van der Waals surface area contributed by atoms with E-state index in [2.05, 4.69) is 4.83 Å². The van der Waals surface area contributed by atoms with E-state index in [9.17, 15) is 13.2 Å². The summed E-state index contributed by atoms with van der Waals surface area (Å²) in [5.41, 5.74) is 0.572. The van der Waals surface area contributed by atoms with Gasteiger partial charge in [-0.2, -0.15) is 0 Å². The SMILES string of the molecule is O=C1/C(=C\c2ccc(Cl)cc2Cl)SC(=S)N1NS(=O)(=O)c1ccccc1. The number of thiocarbonyl (C=S) groups is 1. The van der Waals surface area contributed by atoms with E-state index in [-0.39, 0.29) is 14.1 Å². The first kappa shape index (κ1) is 19.3. The van der Waals surface area contributed by atoms with Gasteiger partial charge < -0.3 is 0 Å². The molecule has 134 valence electrons. The molecule has 1 heterocycles. The molecule has 26 heavy (non-hydrogen) atoms. The van der Waals surface area contributed by atoms with Gasteiger partial charge in [-0.15, -0.1) is 4.83 Å². The quantitative estimate of drug-likeness (QED) is 0.568. The number of sulfonamides is 1. The second kappa shape index (κ2) is 7.67. The van der Waals surface area contributed by atoms with E-state index in [0.717, 1.165) is 16.8 Å². The van der Waals surface area contributed by atoms with Gasteiger partial charge in [-0.05, 0) is 35.9 Å². The number of hydrazine groups is 1. The molecule has 0 atom stereocenters. The van der Waals surface area contributed by atoms with E-state index in [4.69, 9.17) is 35.4 Å². The number of nitrogens with zero attached hydrogens (tertiary/aromatic N) is 1. The summed E-state index contributed by atoms with van der Waals surface area (Å²) in [4.78, 5) is 15.0. The first-order chi connectivity index (χ1) is 12.3. The minimum Gasteiger partial charge on any atom is -0.267 e. The Morgan fingerprint density at radius 2 is 1.81 bits per heavy atom. The van der Waals surface area contributed by atoms with Crippen molar-refractivity contribution < 1.29 is 13.2 Å². The van der Waals surface area contributed by atoms with E-state index in [0.29, 0.717) is 15.6 Å². The summed E-state index contributed by atoms with van der Waals surface area (Å²) in [6, 6.07) is 12.5. The molecule has 1 N–H and O–H groups in total. The van der Waals surface area contributed by atoms with E-state index < -0.39 is 15.9 Å². The molecular formula is C16H10Cl2N2O3S3. The monoisotopic (exact) mass is 444 g/mol. The Balaban J connectivity index is 1.86. The van der Waals surface area contributed by atoms with Gasteiger partial charge >= 0.3 is 0 Å². The number of halogens is 2. The molecule has 1 fully saturated rings. The predicted octanol–water partition coefficient (Wildman–Crippen LogP) is 4.09. The lowest BCUT2D eigenvalue weighted by Crippen LogP contribution is -2.44. The molecule has 0 aliphatic carbocycles. The number of amides is 1. The Bertz CT molecular complexity index is 1020. The first-order valence-corrected chi connectivity index (χ1v) is 10.5. The van der Waals surface area contributed by atoms with Crippen LogP contribution in [0, 0.1) is 0 Å². The predicted molar refractivity (Wildman–Crippen MR) is 108 cm³/mol. The minimum atomic E-state index is -3.94. The molecule has 0 saturated carbocycles. The van der Waals surface area contributed by atoms with Crippen LogP contribution in [0.4, 0.5) is 0 Å². The Hall–Kier alpha value is -1.42. The summed E-state index contributed by atoms with van der Waals surface area (Å²) in [5.74, 6) is -0.578. The lowest BCUT2D eigenvalue weighted by Gasteiger charge is -2.15. The van der Waals surface area contributed by atoms with E-state index >= 15 is 0 Å². The molecule has 1 aliphatic rings. The molecule has 5 nitrogen and oxygen atoms in total. The topological polar surface area (TPSA) is 66.5 Å². The van der Waals surface area contributed by atoms with Crippen molar-refractivity contribution in [2.75, 3.05) is 0 Å². The van der Waals surface area contributed by atoms with Crippen molar-refractivity contribution >= 4 is 73.5 Å². The normalized spacial score (nSPS) is 16.5. The molecule has 0 radical (unpaired) electrons. The summed E-state index contributed by atoms with van der Waals surface area (Å²) in [7, 11) is -3.94. The number of carbonyl (C=O) groups excluding carboxylic acids is 1. The third-order valence-electron chi connectivity index (χ3n) is 3.31. The second-order valence-corrected chi connectivity index (χ2v) is 9.27. The largest absolute Gasteiger partial charge is 0.281 e. The summed E-state index contributed by atoms with van der Waals surface area (Å²) < 4.78 is 24.9. The summed E-state index contributed by atoms with van der Waals surface area (Å²) in [6.07, 6.45) is 1.54. The van der Waals surface area contributed by atoms with Crippen molar-refractivity contribution in [1.82, 2.24) is 9.84 Å². The fourth-order valence-corrected chi connectivity index (χ4v) is 4.86. The van der Waals surface area contributed by atoms with E-state index in [1.165, 1.54) is 18.2 Å². The fourth-order valence-electron chi connectivity index (χ4n) is 2.08. The summed E-state index contributed by atoms with van der Waals surface area (Å²) >= 11 is 18.1. The lowest BCUT2D eigenvalue weighted by atomic mass is 10.2. The average Bonchev–Trinajstić information content (AvgIpc) is 2.85. The molecule has 0 bridgehead atoms. The number of nitrogens with one attached hydrogen (secondary N) is 1. The molecule has 1 aliphatic heterocycles.